The molecule has 2 rings (SSSR count). The van der Waals surface area contributed by atoms with Crippen LogP contribution in [0.15, 0.2) is 41.8 Å². The molecule has 0 aliphatic heterocycles. The van der Waals surface area contributed by atoms with Crippen molar-refractivity contribution in [3.63, 3.8) is 0 Å². The summed E-state index contributed by atoms with van der Waals surface area (Å²) in [7, 11) is 0. The van der Waals surface area contributed by atoms with Gasteiger partial charge in [0.2, 0.25) is 0 Å². The number of thiophene rings is 1. The quantitative estimate of drug-likeness (QED) is 0.702. The van der Waals surface area contributed by atoms with Crippen molar-refractivity contribution in [3.05, 3.63) is 47.3 Å². The van der Waals surface area contributed by atoms with Crippen LogP contribution >= 0.6 is 11.3 Å². The van der Waals surface area contributed by atoms with Gasteiger partial charge in [-0.3, -0.25) is 0 Å². The molecule has 15 heavy (non-hydrogen) atoms. The van der Waals surface area contributed by atoms with Crippen molar-refractivity contribution in [2.45, 2.75) is 20.3 Å². The third-order valence-corrected chi connectivity index (χ3v) is 3.30. The lowest BCUT2D eigenvalue weighted by Crippen LogP contribution is -1.93. The molecule has 0 bridgehead atoms. The van der Waals surface area contributed by atoms with Gasteiger partial charge in [-0.2, -0.15) is 0 Å². The number of hydrogen-bond acceptors (Lipinski definition) is 1. The average Bonchev–Trinajstić information content (AvgIpc) is 2.69. The van der Waals surface area contributed by atoms with E-state index < -0.39 is 0 Å². The van der Waals surface area contributed by atoms with Crippen LogP contribution in [-0.2, 0) is 6.42 Å². The third kappa shape index (κ3) is 2.69. The summed E-state index contributed by atoms with van der Waals surface area (Å²) >= 11 is 1.80. The van der Waals surface area contributed by atoms with Gasteiger partial charge in [0, 0.05) is 4.88 Å². The van der Waals surface area contributed by atoms with Crippen LogP contribution in [0.5, 0.6) is 0 Å². The van der Waals surface area contributed by atoms with E-state index in [0.717, 1.165) is 5.92 Å². The highest BCUT2D eigenvalue weighted by atomic mass is 32.1. The maximum absolute atomic E-state index is 2.31. The van der Waals surface area contributed by atoms with Crippen LogP contribution in [0, 0.1) is 5.92 Å². The summed E-state index contributed by atoms with van der Waals surface area (Å²) in [6, 6.07) is 13.2. The summed E-state index contributed by atoms with van der Waals surface area (Å²) in [4.78, 5) is 1.36. The van der Waals surface area contributed by atoms with Crippen LogP contribution in [0.25, 0.3) is 10.4 Å². The first-order valence-corrected chi connectivity index (χ1v) is 6.26. The van der Waals surface area contributed by atoms with Gasteiger partial charge in [0.1, 0.15) is 0 Å². The van der Waals surface area contributed by atoms with Gasteiger partial charge in [-0.05, 0) is 34.9 Å². The number of hydrogen-bond donors (Lipinski definition) is 0. The van der Waals surface area contributed by atoms with Crippen LogP contribution in [0.1, 0.15) is 19.4 Å². The predicted octanol–water partition coefficient (Wildman–Crippen LogP) is 4.61. The van der Waals surface area contributed by atoms with E-state index in [1.165, 1.54) is 22.4 Å². The Morgan fingerprint density at radius 1 is 1.13 bits per heavy atom. The van der Waals surface area contributed by atoms with Crippen LogP contribution in [0.2, 0.25) is 0 Å². The van der Waals surface area contributed by atoms with Crippen LogP contribution in [0.4, 0.5) is 0 Å². The summed E-state index contributed by atoms with van der Waals surface area (Å²) in [5.41, 5.74) is 2.79. The first kappa shape index (κ1) is 10.4. The van der Waals surface area contributed by atoms with E-state index in [9.17, 15) is 0 Å². The second kappa shape index (κ2) is 4.63. The predicted molar refractivity (Wildman–Crippen MR) is 68.3 cm³/mol. The van der Waals surface area contributed by atoms with Gasteiger partial charge in [0.25, 0.3) is 0 Å². The van der Waals surface area contributed by atoms with Gasteiger partial charge in [-0.1, -0.05) is 44.2 Å². The minimum Gasteiger partial charge on any atom is -0.144 e. The minimum atomic E-state index is 0.726. The summed E-state index contributed by atoms with van der Waals surface area (Å²) < 4.78 is 0. The molecule has 0 radical (unpaired) electrons. The molecule has 0 atom stereocenters. The zero-order valence-corrected chi connectivity index (χ0v) is 10.1. The first-order valence-electron chi connectivity index (χ1n) is 5.38. The van der Waals surface area contributed by atoms with Crippen LogP contribution in [-0.4, -0.2) is 0 Å². The van der Waals surface area contributed by atoms with Crippen LogP contribution < -0.4 is 0 Å². The van der Waals surface area contributed by atoms with Crippen molar-refractivity contribution < 1.29 is 0 Å². The molecule has 1 heteroatoms. The minimum absolute atomic E-state index is 0.726. The molecule has 0 N–H and O–H groups in total. The van der Waals surface area contributed by atoms with Crippen molar-refractivity contribution >= 4 is 11.3 Å². The lowest BCUT2D eigenvalue weighted by Gasteiger charge is -2.06. The van der Waals surface area contributed by atoms with Gasteiger partial charge >= 0.3 is 0 Å². The van der Waals surface area contributed by atoms with Crippen molar-refractivity contribution in [2.24, 2.45) is 5.92 Å². The molecule has 0 aliphatic rings. The summed E-state index contributed by atoms with van der Waals surface area (Å²) in [5, 5.41) is 2.13. The lowest BCUT2D eigenvalue weighted by molar-refractivity contribution is 0.647. The second-order valence-corrected chi connectivity index (χ2v) is 5.22. The van der Waals surface area contributed by atoms with E-state index in [1.54, 1.807) is 11.3 Å². The molecule has 0 saturated heterocycles. The average molecular weight is 216 g/mol. The molecular weight excluding hydrogens is 200 g/mol. The number of rotatable bonds is 3. The highest BCUT2D eigenvalue weighted by Crippen LogP contribution is 2.25. The summed E-state index contributed by atoms with van der Waals surface area (Å²) in [6.07, 6.45) is 1.17. The van der Waals surface area contributed by atoms with Gasteiger partial charge < -0.3 is 0 Å². The van der Waals surface area contributed by atoms with E-state index >= 15 is 0 Å². The zero-order valence-electron chi connectivity index (χ0n) is 9.23. The zero-order chi connectivity index (χ0) is 10.7. The topological polar surface area (TPSA) is 0 Å². The fourth-order valence-corrected chi connectivity index (χ4v) is 2.49. The van der Waals surface area contributed by atoms with Crippen molar-refractivity contribution in [1.29, 1.82) is 0 Å². The molecule has 0 fully saturated rings. The SMILES string of the molecule is CC(C)Cc1cccc(-c2cccs2)c1. The van der Waals surface area contributed by atoms with Crippen molar-refractivity contribution in [3.8, 4) is 10.4 Å². The fraction of sp³-hybridized carbons (Fsp3) is 0.286. The van der Waals surface area contributed by atoms with Crippen molar-refractivity contribution in [2.75, 3.05) is 0 Å². The first-order chi connectivity index (χ1) is 7.25. The molecule has 0 aliphatic carbocycles. The summed E-state index contributed by atoms with van der Waals surface area (Å²) in [6.45, 7) is 4.52. The van der Waals surface area contributed by atoms with E-state index in [-0.39, 0.29) is 0 Å². The molecular formula is C14H16S. The molecule has 0 spiro atoms. The van der Waals surface area contributed by atoms with E-state index in [4.69, 9.17) is 0 Å². The fourth-order valence-electron chi connectivity index (χ4n) is 1.77. The Morgan fingerprint density at radius 2 is 2.00 bits per heavy atom. The van der Waals surface area contributed by atoms with Gasteiger partial charge in [0.05, 0.1) is 0 Å². The molecule has 0 amide bonds. The van der Waals surface area contributed by atoms with Crippen LogP contribution in [0.3, 0.4) is 0 Å². The molecule has 1 aromatic carbocycles. The Hall–Kier alpha value is -1.08. The lowest BCUT2D eigenvalue weighted by atomic mass is 10.0. The standard InChI is InChI=1S/C14H16S/c1-11(2)9-12-5-3-6-13(10-12)14-7-4-8-15-14/h3-8,10-11H,9H2,1-2H3. The van der Waals surface area contributed by atoms with E-state index in [0.29, 0.717) is 0 Å². The maximum atomic E-state index is 2.31. The highest BCUT2D eigenvalue weighted by Gasteiger charge is 2.01. The van der Waals surface area contributed by atoms with Gasteiger partial charge in [0.15, 0.2) is 0 Å². The Kier molecular flexibility index (Phi) is 3.22. The maximum Gasteiger partial charge on any atom is 0.0342 e. The molecule has 1 heterocycles. The largest absolute Gasteiger partial charge is 0.144 e. The Labute approximate surface area is 95.6 Å². The Balaban J connectivity index is 2.27. The van der Waals surface area contributed by atoms with Crippen molar-refractivity contribution in [1.82, 2.24) is 0 Å². The van der Waals surface area contributed by atoms with Gasteiger partial charge in [-0.15, -0.1) is 11.3 Å². The monoisotopic (exact) mass is 216 g/mol. The smallest absolute Gasteiger partial charge is 0.0342 e. The molecule has 78 valence electrons. The molecule has 0 unspecified atom stereocenters. The molecule has 0 saturated carbocycles. The Morgan fingerprint density at radius 3 is 2.67 bits per heavy atom. The Bertz CT molecular complexity index is 413. The normalized spacial score (nSPS) is 10.9. The highest BCUT2D eigenvalue weighted by molar-refractivity contribution is 7.13. The molecule has 2 aromatic rings. The van der Waals surface area contributed by atoms with E-state index in [2.05, 4.69) is 55.6 Å². The third-order valence-electron chi connectivity index (χ3n) is 2.38. The summed E-state index contributed by atoms with van der Waals surface area (Å²) in [5.74, 6) is 0.726. The number of benzene rings is 1. The van der Waals surface area contributed by atoms with Gasteiger partial charge in [-0.25, -0.2) is 0 Å². The molecule has 0 nitrogen and oxygen atoms in total. The second-order valence-electron chi connectivity index (χ2n) is 4.28. The van der Waals surface area contributed by atoms with E-state index in [1.807, 2.05) is 0 Å². The molecule has 1 aromatic heterocycles.